The maximum Gasteiger partial charge on any atom is 0.374 e. The molecule has 6 heteroatoms. The molecule has 0 aliphatic carbocycles. The largest absolute Gasteiger partial charge is 0.475 e. The molecule has 1 aromatic heterocycles. The van der Waals surface area contributed by atoms with E-state index in [0.29, 0.717) is 25.2 Å². The molecule has 0 bridgehead atoms. The van der Waals surface area contributed by atoms with Gasteiger partial charge >= 0.3 is 5.97 Å². The van der Waals surface area contributed by atoms with Gasteiger partial charge in [0.15, 0.2) is 0 Å². The lowest BCUT2D eigenvalue weighted by Crippen LogP contribution is -2.37. The molecular weight excluding hydrogens is 236 g/mol. The van der Waals surface area contributed by atoms with Crippen LogP contribution in [0.5, 0.6) is 0 Å². The van der Waals surface area contributed by atoms with Crippen molar-refractivity contribution in [2.24, 2.45) is 0 Å². The van der Waals surface area contributed by atoms with Crippen molar-refractivity contribution >= 4 is 11.9 Å². The minimum absolute atomic E-state index is 0.128. The van der Waals surface area contributed by atoms with Gasteiger partial charge in [0.05, 0.1) is 5.69 Å². The number of nitrogens with zero attached hydrogens (tertiary/aromatic N) is 2. The molecule has 1 aromatic rings. The van der Waals surface area contributed by atoms with E-state index in [1.165, 1.54) is 6.07 Å². The zero-order valence-corrected chi connectivity index (χ0v) is 10.3. The number of carbonyl (C=O) groups is 2. The highest BCUT2D eigenvalue weighted by Gasteiger charge is 2.26. The number of piperidine rings is 1. The molecule has 1 saturated heterocycles. The highest BCUT2D eigenvalue weighted by molar-refractivity contribution is 5.84. The summed E-state index contributed by atoms with van der Waals surface area (Å²) in [6.45, 7) is 3.25. The van der Waals surface area contributed by atoms with Crippen LogP contribution in [0.1, 0.15) is 48.4 Å². The smallest absolute Gasteiger partial charge is 0.374 e. The number of amides is 1. The molecular formula is C12H16N2O4. The van der Waals surface area contributed by atoms with Crippen LogP contribution in [-0.2, 0) is 4.79 Å². The monoisotopic (exact) mass is 252 g/mol. The van der Waals surface area contributed by atoms with Crippen molar-refractivity contribution in [3.05, 3.63) is 17.5 Å². The molecule has 2 rings (SSSR count). The zero-order chi connectivity index (χ0) is 13.1. The van der Waals surface area contributed by atoms with Crippen LogP contribution in [0.15, 0.2) is 10.6 Å². The third-order valence-corrected chi connectivity index (χ3v) is 3.31. The van der Waals surface area contributed by atoms with E-state index in [9.17, 15) is 9.59 Å². The fraction of sp³-hybridized carbons (Fsp3) is 0.583. The van der Waals surface area contributed by atoms with Crippen molar-refractivity contribution < 1.29 is 19.2 Å². The van der Waals surface area contributed by atoms with Crippen LogP contribution in [0.2, 0.25) is 0 Å². The van der Waals surface area contributed by atoms with Crippen LogP contribution in [-0.4, -0.2) is 40.1 Å². The van der Waals surface area contributed by atoms with E-state index in [1.807, 2.05) is 11.8 Å². The number of hydrogen-bond acceptors (Lipinski definition) is 4. The van der Waals surface area contributed by atoms with Crippen molar-refractivity contribution in [2.75, 3.05) is 13.1 Å². The molecule has 1 fully saturated rings. The van der Waals surface area contributed by atoms with Crippen molar-refractivity contribution in [1.29, 1.82) is 0 Å². The van der Waals surface area contributed by atoms with Crippen molar-refractivity contribution in [3.8, 4) is 0 Å². The predicted octanol–water partition coefficient (Wildman–Crippen LogP) is 1.49. The number of carboxylic acid groups (broad SMARTS) is 1. The van der Waals surface area contributed by atoms with E-state index in [4.69, 9.17) is 9.63 Å². The molecule has 18 heavy (non-hydrogen) atoms. The highest BCUT2D eigenvalue weighted by atomic mass is 16.5. The fourth-order valence-corrected chi connectivity index (χ4v) is 2.23. The van der Waals surface area contributed by atoms with Gasteiger partial charge in [0.25, 0.3) is 0 Å². The Kier molecular flexibility index (Phi) is 3.64. The van der Waals surface area contributed by atoms with E-state index in [0.717, 1.165) is 12.8 Å². The van der Waals surface area contributed by atoms with Gasteiger partial charge < -0.3 is 14.5 Å². The zero-order valence-electron chi connectivity index (χ0n) is 10.3. The van der Waals surface area contributed by atoms with Crippen molar-refractivity contribution in [1.82, 2.24) is 10.1 Å². The molecule has 0 unspecified atom stereocenters. The number of aromatic nitrogens is 1. The molecule has 1 N–H and O–H groups in total. The minimum atomic E-state index is -1.10. The minimum Gasteiger partial charge on any atom is -0.475 e. The SMILES string of the molecule is CCC(=O)N1CCC(c2cc(C(=O)O)on2)CC1. The number of rotatable bonds is 3. The first-order chi connectivity index (χ1) is 8.61. The molecule has 1 aliphatic heterocycles. The Bertz CT molecular complexity index is 447. The molecule has 6 nitrogen and oxygen atoms in total. The quantitative estimate of drug-likeness (QED) is 0.881. The number of hydrogen-bond donors (Lipinski definition) is 1. The van der Waals surface area contributed by atoms with Gasteiger partial charge in [-0.1, -0.05) is 12.1 Å². The summed E-state index contributed by atoms with van der Waals surface area (Å²) in [7, 11) is 0. The summed E-state index contributed by atoms with van der Waals surface area (Å²) in [6.07, 6.45) is 2.13. The summed E-state index contributed by atoms with van der Waals surface area (Å²) in [5.74, 6) is -0.882. The van der Waals surface area contributed by atoms with Gasteiger partial charge in [-0.15, -0.1) is 0 Å². The van der Waals surface area contributed by atoms with Gasteiger partial charge in [0, 0.05) is 31.5 Å². The number of likely N-dealkylation sites (tertiary alicyclic amines) is 1. The lowest BCUT2D eigenvalue weighted by Gasteiger charge is -2.30. The lowest BCUT2D eigenvalue weighted by atomic mass is 9.93. The van der Waals surface area contributed by atoms with Crippen LogP contribution < -0.4 is 0 Å². The molecule has 0 spiro atoms. The molecule has 1 amide bonds. The van der Waals surface area contributed by atoms with Gasteiger partial charge in [-0.2, -0.15) is 0 Å². The van der Waals surface area contributed by atoms with Crippen LogP contribution in [0, 0.1) is 0 Å². The van der Waals surface area contributed by atoms with Crippen LogP contribution in [0.25, 0.3) is 0 Å². The Morgan fingerprint density at radius 3 is 2.67 bits per heavy atom. The normalized spacial score (nSPS) is 16.8. The molecule has 2 heterocycles. The van der Waals surface area contributed by atoms with E-state index in [1.54, 1.807) is 0 Å². The second kappa shape index (κ2) is 5.20. The Morgan fingerprint density at radius 2 is 2.17 bits per heavy atom. The average molecular weight is 252 g/mol. The lowest BCUT2D eigenvalue weighted by molar-refractivity contribution is -0.131. The summed E-state index contributed by atoms with van der Waals surface area (Å²) in [5.41, 5.74) is 0.677. The molecule has 1 aliphatic rings. The summed E-state index contributed by atoms with van der Waals surface area (Å²) in [4.78, 5) is 24.1. The Hall–Kier alpha value is -1.85. The molecule has 0 aromatic carbocycles. The molecule has 98 valence electrons. The standard InChI is InChI=1S/C12H16N2O4/c1-2-11(15)14-5-3-8(4-6-14)9-7-10(12(16)17)18-13-9/h7-8H,2-6H2,1H3,(H,16,17). The van der Waals surface area contributed by atoms with Crippen molar-refractivity contribution in [2.45, 2.75) is 32.1 Å². The van der Waals surface area contributed by atoms with Crippen LogP contribution >= 0.6 is 0 Å². The van der Waals surface area contributed by atoms with E-state index < -0.39 is 5.97 Å². The maximum absolute atomic E-state index is 11.5. The van der Waals surface area contributed by atoms with Gasteiger partial charge in [-0.05, 0) is 12.8 Å². The van der Waals surface area contributed by atoms with E-state index in [-0.39, 0.29) is 17.6 Å². The summed E-state index contributed by atoms with van der Waals surface area (Å²) in [6, 6.07) is 1.48. The summed E-state index contributed by atoms with van der Waals surface area (Å²) < 4.78 is 4.74. The first-order valence-corrected chi connectivity index (χ1v) is 6.09. The molecule has 0 radical (unpaired) electrons. The van der Waals surface area contributed by atoms with Crippen molar-refractivity contribution in [3.63, 3.8) is 0 Å². The van der Waals surface area contributed by atoms with Crippen LogP contribution in [0.3, 0.4) is 0 Å². The first-order valence-electron chi connectivity index (χ1n) is 6.09. The second-order valence-electron chi connectivity index (χ2n) is 4.43. The third kappa shape index (κ3) is 2.52. The predicted molar refractivity (Wildman–Crippen MR) is 62.3 cm³/mol. The molecule has 0 saturated carbocycles. The van der Waals surface area contributed by atoms with Gasteiger partial charge in [0.1, 0.15) is 0 Å². The first kappa shape index (κ1) is 12.6. The summed E-state index contributed by atoms with van der Waals surface area (Å²) >= 11 is 0. The van der Waals surface area contributed by atoms with E-state index >= 15 is 0 Å². The summed E-state index contributed by atoms with van der Waals surface area (Å²) in [5, 5.41) is 12.5. The Balaban J connectivity index is 1.96. The fourth-order valence-electron chi connectivity index (χ4n) is 2.23. The average Bonchev–Trinajstić information content (AvgIpc) is 2.88. The third-order valence-electron chi connectivity index (χ3n) is 3.31. The molecule has 0 atom stereocenters. The van der Waals surface area contributed by atoms with Crippen LogP contribution in [0.4, 0.5) is 0 Å². The second-order valence-corrected chi connectivity index (χ2v) is 4.43. The highest BCUT2D eigenvalue weighted by Crippen LogP contribution is 2.27. The van der Waals surface area contributed by atoms with E-state index in [2.05, 4.69) is 5.16 Å². The Labute approximate surface area is 105 Å². The van der Waals surface area contributed by atoms with Gasteiger partial charge in [0.2, 0.25) is 11.7 Å². The number of carboxylic acids is 1. The number of carbonyl (C=O) groups excluding carboxylic acids is 1. The number of aromatic carboxylic acids is 1. The van der Waals surface area contributed by atoms with Gasteiger partial charge in [-0.25, -0.2) is 4.79 Å². The Morgan fingerprint density at radius 1 is 1.50 bits per heavy atom. The maximum atomic E-state index is 11.5. The van der Waals surface area contributed by atoms with Gasteiger partial charge in [-0.3, -0.25) is 4.79 Å². The topological polar surface area (TPSA) is 83.6 Å².